The maximum Gasteiger partial charge on any atom is 0.0542 e. The number of hydrogen-bond donors (Lipinski definition) is 1. The Balaban J connectivity index is 2.25. The quantitative estimate of drug-likeness (QED) is 0.651. The monoisotopic (exact) mass is 182 g/mol. The van der Waals surface area contributed by atoms with Gasteiger partial charge in [-0.05, 0) is 33.2 Å². The van der Waals surface area contributed by atoms with Crippen LogP contribution < -0.4 is 5.32 Å². The molecule has 2 nitrogen and oxygen atoms in total. The lowest BCUT2D eigenvalue weighted by atomic mass is 10.0. The summed E-state index contributed by atoms with van der Waals surface area (Å²) < 4.78 is 0. The molecule has 0 aromatic heterocycles. The molecule has 2 heteroatoms. The Hall–Kier alpha value is -0.370. The predicted octanol–water partition coefficient (Wildman–Crippen LogP) is 2.39. The van der Waals surface area contributed by atoms with Gasteiger partial charge in [-0.15, -0.1) is 0 Å². The summed E-state index contributed by atoms with van der Waals surface area (Å²) in [5, 5.41) is 3.57. The molecule has 0 spiro atoms. The minimum atomic E-state index is 0.634. The first kappa shape index (κ1) is 10.7. The molecule has 1 unspecified atom stereocenters. The second-order valence-corrected chi connectivity index (χ2v) is 4.14. The lowest BCUT2D eigenvalue weighted by Crippen LogP contribution is -2.33. The molecule has 0 aromatic rings. The minimum absolute atomic E-state index is 0.634. The highest BCUT2D eigenvalue weighted by Crippen LogP contribution is 2.09. The van der Waals surface area contributed by atoms with Crippen molar-refractivity contribution in [3.05, 3.63) is 0 Å². The van der Waals surface area contributed by atoms with E-state index in [1.165, 1.54) is 44.4 Å². The van der Waals surface area contributed by atoms with E-state index in [2.05, 4.69) is 24.2 Å². The van der Waals surface area contributed by atoms with Gasteiger partial charge in [-0.3, -0.25) is 4.99 Å². The molecule has 1 atom stereocenters. The second kappa shape index (κ2) is 6.14. The Morgan fingerprint density at radius 3 is 2.77 bits per heavy atom. The first-order valence-electron chi connectivity index (χ1n) is 5.50. The molecule has 0 radical (unpaired) electrons. The topological polar surface area (TPSA) is 24.4 Å². The van der Waals surface area contributed by atoms with Gasteiger partial charge in [-0.2, -0.15) is 0 Å². The van der Waals surface area contributed by atoms with Crippen molar-refractivity contribution in [2.75, 3.05) is 13.1 Å². The molecular weight excluding hydrogens is 160 g/mol. The van der Waals surface area contributed by atoms with Gasteiger partial charge in [0.2, 0.25) is 0 Å². The molecule has 0 saturated carbocycles. The van der Waals surface area contributed by atoms with Crippen molar-refractivity contribution < 1.29 is 0 Å². The standard InChI is InChI=1S/C11H22N2/c1-10(2)13-9-11-7-5-3-4-6-8-12-11/h11-12H,3-9H2,1-2H3. The third-order valence-corrected chi connectivity index (χ3v) is 2.54. The van der Waals surface area contributed by atoms with Crippen LogP contribution in [0.1, 0.15) is 46.0 Å². The minimum Gasteiger partial charge on any atom is -0.312 e. The normalized spacial score (nSPS) is 24.6. The van der Waals surface area contributed by atoms with E-state index in [0.717, 1.165) is 6.54 Å². The van der Waals surface area contributed by atoms with Crippen molar-refractivity contribution in [3.63, 3.8) is 0 Å². The smallest absolute Gasteiger partial charge is 0.0542 e. The fourth-order valence-electron chi connectivity index (χ4n) is 1.73. The molecule has 1 rings (SSSR count). The Morgan fingerprint density at radius 1 is 1.23 bits per heavy atom. The van der Waals surface area contributed by atoms with Crippen molar-refractivity contribution in [1.82, 2.24) is 5.32 Å². The van der Waals surface area contributed by atoms with Crippen LogP contribution in [0.5, 0.6) is 0 Å². The van der Waals surface area contributed by atoms with Crippen LogP contribution in [-0.2, 0) is 0 Å². The molecular formula is C11H22N2. The molecule has 13 heavy (non-hydrogen) atoms. The summed E-state index contributed by atoms with van der Waals surface area (Å²) in [5.41, 5.74) is 1.20. The van der Waals surface area contributed by atoms with Gasteiger partial charge in [0.1, 0.15) is 0 Å². The molecule has 0 amide bonds. The first-order valence-corrected chi connectivity index (χ1v) is 5.50. The summed E-state index contributed by atoms with van der Waals surface area (Å²) in [6, 6.07) is 0.634. The number of rotatable bonds is 2. The summed E-state index contributed by atoms with van der Waals surface area (Å²) in [5.74, 6) is 0. The summed E-state index contributed by atoms with van der Waals surface area (Å²) >= 11 is 0. The van der Waals surface area contributed by atoms with E-state index in [1.54, 1.807) is 0 Å². The predicted molar refractivity (Wildman–Crippen MR) is 58.5 cm³/mol. The maximum atomic E-state index is 4.47. The molecule has 0 aliphatic carbocycles. The van der Waals surface area contributed by atoms with E-state index in [9.17, 15) is 0 Å². The number of nitrogens with zero attached hydrogens (tertiary/aromatic N) is 1. The SMILES string of the molecule is CC(C)=NCC1CCCCCCN1. The van der Waals surface area contributed by atoms with E-state index in [4.69, 9.17) is 0 Å². The third-order valence-electron chi connectivity index (χ3n) is 2.54. The van der Waals surface area contributed by atoms with Crippen LogP contribution in [0.2, 0.25) is 0 Å². The highest BCUT2D eigenvalue weighted by atomic mass is 14.9. The molecule has 1 heterocycles. The van der Waals surface area contributed by atoms with Gasteiger partial charge in [0.25, 0.3) is 0 Å². The van der Waals surface area contributed by atoms with Crippen LogP contribution in [0.15, 0.2) is 4.99 Å². The molecule has 1 saturated heterocycles. The molecule has 1 aliphatic rings. The van der Waals surface area contributed by atoms with Gasteiger partial charge in [-0.1, -0.05) is 19.3 Å². The van der Waals surface area contributed by atoms with Crippen molar-refractivity contribution >= 4 is 5.71 Å². The Kier molecular flexibility index (Phi) is 5.06. The Bertz CT molecular complexity index is 151. The highest BCUT2D eigenvalue weighted by Gasteiger charge is 2.08. The van der Waals surface area contributed by atoms with E-state index >= 15 is 0 Å². The summed E-state index contributed by atoms with van der Waals surface area (Å²) in [6.07, 6.45) is 6.82. The number of nitrogens with one attached hydrogen (secondary N) is 1. The fourth-order valence-corrected chi connectivity index (χ4v) is 1.73. The molecule has 76 valence electrons. The molecule has 1 fully saturated rings. The van der Waals surface area contributed by atoms with Crippen LogP contribution in [0.3, 0.4) is 0 Å². The lowest BCUT2D eigenvalue weighted by molar-refractivity contribution is 0.423. The Labute approximate surface area is 81.8 Å². The maximum absolute atomic E-state index is 4.47. The van der Waals surface area contributed by atoms with Crippen LogP contribution in [0.25, 0.3) is 0 Å². The summed E-state index contributed by atoms with van der Waals surface area (Å²) in [7, 11) is 0. The zero-order valence-electron chi connectivity index (χ0n) is 8.97. The fraction of sp³-hybridized carbons (Fsp3) is 0.909. The largest absolute Gasteiger partial charge is 0.312 e. The number of hydrogen-bond acceptors (Lipinski definition) is 2. The second-order valence-electron chi connectivity index (χ2n) is 4.14. The number of aliphatic imine (C=N–C) groups is 1. The van der Waals surface area contributed by atoms with Gasteiger partial charge >= 0.3 is 0 Å². The average molecular weight is 182 g/mol. The van der Waals surface area contributed by atoms with Gasteiger partial charge in [-0.25, -0.2) is 0 Å². The highest BCUT2D eigenvalue weighted by molar-refractivity contribution is 5.79. The Morgan fingerprint density at radius 2 is 2.00 bits per heavy atom. The summed E-state index contributed by atoms with van der Waals surface area (Å²) in [4.78, 5) is 4.47. The van der Waals surface area contributed by atoms with Crippen molar-refractivity contribution in [3.8, 4) is 0 Å². The van der Waals surface area contributed by atoms with Crippen LogP contribution in [0.4, 0.5) is 0 Å². The zero-order valence-corrected chi connectivity index (χ0v) is 8.97. The van der Waals surface area contributed by atoms with Crippen molar-refractivity contribution in [1.29, 1.82) is 0 Å². The average Bonchev–Trinajstić information content (AvgIpc) is 2.01. The molecule has 0 aromatic carbocycles. The van der Waals surface area contributed by atoms with E-state index < -0.39 is 0 Å². The van der Waals surface area contributed by atoms with E-state index in [-0.39, 0.29) is 0 Å². The first-order chi connectivity index (χ1) is 6.29. The van der Waals surface area contributed by atoms with Gasteiger partial charge < -0.3 is 5.32 Å². The van der Waals surface area contributed by atoms with E-state index in [0.29, 0.717) is 6.04 Å². The van der Waals surface area contributed by atoms with Crippen molar-refractivity contribution in [2.45, 2.75) is 52.0 Å². The zero-order chi connectivity index (χ0) is 9.52. The van der Waals surface area contributed by atoms with Crippen LogP contribution in [-0.4, -0.2) is 24.8 Å². The third kappa shape index (κ3) is 5.04. The molecule has 1 aliphatic heterocycles. The van der Waals surface area contributed by atoms with Crippen LogP contribution in [0, 0.1) is 0 Å². The lowest BCUT2D eigenvalue weighted by Gasteiger charge is -2.19. The van der Waals surface area contributed by atoms with Crippen LogP contribution >= 0.6 is 0 Å². The van der Waals surface area contributed by atoms with Crippen molar-refractivity contribution in [2.24, 2.45) is 4.99 Å². The van der Waals surface area contributed by atoms with Gasteiger partial charge in [0.15, 0.2) is 0 Å². The molecule has 0 bridgehead atoms. The molecule has 1 N–H and O–H groups in total. The van der Waals surface area contributed by atoms with Gasteiger partial charge in [0.05, 0.1) is 6.54 Å². The van der Waals surface area contributed by atoms with Gasteiger partial charge in [0, 0.05) is 11.8 Å². The summed E-state index contributed by atoms with van der Waals surface area (Å²) in [6.45, 7) is 6.30. The van der Waals surface area contributed by atoms with E-state index in [1.807, 2.05) is 0 Å².